The zero-order valence-electron chi connectivity index (χ0n) is 25.3. The normalized spacial score (nSPS) is 18.3. The zero-order valence-corrected chi connectivity index (χ0v) is 26.2. The van der Waals surface area contributed by atoms with E-state index < -0.39 is 105 Å². The molecule has 0 radical (unpaired) electrons. The maximum Gasteiger partial charge on any atom is 0.200 e. The number of halogens is 10. The lowest BCUT2D eigenvalue weighted by Gasteiger charge is -2.60. The van der Waals surface area contributed by atoms with Crippen molar-refractivity contribution in [2.75, 3.05) is 4.58 Å². The second-order valence-electron chi connectivity index (χ2n) is 13.3. The SMILES string of the molecule is CCC[C@H]1C[B-](c2c(F)c(F)c(F)c(F)c2F)(c2c(F)c(F)c(F)c(F)c2F)N(c2ccccc2)[P+]1(C(C)(C)C)C(C)(C)C. The van der Waals surface area contributed by atoms with Crippen LogP contribution in [0.15, 0.2) is 30.3 Å². The van der Waals surface area contributed by atoms with Crippen LogP contribution in [0.25, 0.3) is 0 Å². The first kappa shape index (κ1) is 34.1. The van der Waals surface area contributed by atoms with Crippen LogP contribution in [0.3, 0.4) is 0 Å². The van der Waals surface area contributed by atoms with Crippen LogP contribution in [-0.2, 0) is 0 Å². The highest BCUT2D eigenvalue weighted by molar-refractivity contribution is 7.84. The third-order valence-corrected chi connectivity index (χ3v) is 16.0. The molecular formula is C31H33BF10NP. The Kier molecular flexibility index (Phi) is 8.73. The van der Waals surface area contributed by atoms with Crippen LogP contribution < -0.4 is 15.5 Å². The van der Waals surface area contributed by atoms with E-state index in [0.29, 0.717) is 6.42 Å². The fourth-order valence-corrected chi connectivity index (χ4v) is 16.8. The van der Waals surface area contributed by atoms with Crippen molar-refractivity contribution in [1.82, 2.24) is 0 Å². The van der Waals surface area contributed by atoms with Crippen molar-refractivity contribution in [3.05, 3.63) is 88.5 Å². The topological polar surface area (TPSA) is 3.24 Å². The van der Waals surface area contributed by atoms with Gasteiger partial charge >= 0.3 is 0 Å². The number of para-hydroxylation sites is 1. The third kappa shape index (κ3) is 4.48. The van der Waals surface area contributed by atoms with E-state index in [1.54, 1.807) is 54.5 Å². The Bertz CT molecular complexity index is 1460. The Labute approximate surface area is 251 Å². The smallest absolute Gasteiger partial charge is 0.200 e. The number of rotatable bonds is 5. The number of benzene rings is 3. The molecule has 0 unspecified atom stereocenters. The first-order valence-corrected chi connectivity index (χ1v) is 16.0. The van der Waals surface area contributed by atoms with E-state index in [-0.39, 0.29) is 12.1 Å². The minimum absolute atomic E-state index is 0.0807. The Morgan fingerprint density at radius 1 is 0.614 bits per heavy atom. The summed E-state index contributed by atoms with van der Waals surface area (Å²) in [4.78, 5) is 0. The molecular weight excluding hydrogens is 618 g/mol. The van der Waals surface area contributed by atoms with Gasteiger partial charge in [0.2, 0.25) is 6.28 Å². The average Bonchev–Trinajstić information content (AvgIpc) is 3.26. The second-order valence-corrected chi connectivity index (χ2v) is 18.6. The minimum atomic E-state index is -4.16. The fraction of sp³-hybridized carbons (Fsp3) is 0.419. The van der Waals surface area contributed by atoms with E-state index in [4.69, 9.17) is 0 Å². The van der Waals surface area contributed by atoms with Gasteiger partial charge in [0, 0.05) is 5.69 Å². The molecule has 0 bridgehead atoms. The van der Waals surface area contributed by atoms with Gasteiger partial charge < -0.3 is 4.58 Å². The van der Waals surface area contributed by atoms with Gasteiger partial charge in [-0.1, -0.05) is 31.5 Å². The van der Waals surface area contributed by atoms with E-state index in [1.807, 2.05) is 0 Å². The molecule has 0 aromatic heterocycles. The van der Waals surface area contributed by atoms with Crippen LogP contribution in [0.2, 0.25) is 6.32 Å². The maximum absolute atomic E-state index is 16.1. The van der Waals surface area contributed by atoms with Crippen molar-refractivity contribution in [3.8, 4) is 0 Å². The molecule has 240 valence electrons. The molecule has 1 aliphatic rings. The average molecular weight is 651 g/mol. The van der Waals surface area contributed by atoms with Gasteiger partial charge in [-0.15, -0.1) is 17.2 Å². The Balaban J connectivity index is 2.47. The van der Waals surface area contributed by atoms with E-state index in [1.165, 1.54) is 28.8 Å². The van der Waals surface area contributed by atoms with Crippen molar-refractivity contribution in [1.29, 1.82) is 0 Å². The lowest BCUT2D eigenvalue weighted by Crippen LogP contribution is -2.72. The lowest BCUT2D eigenvalue weighted by molar-refractivity contribution is 0.381. The van der Waals surface area contributed by atoms with Gasteiger partial charge in [0.25, 0.3) is 0 Å². The first-order valence-electron chi connectivity index (χ1n) is 14.2. The molecule has 0 aliphatic carbocycles. The van der Waals surface area contributed by atoms with E-state index in [9.17, 15) is 8.78 Å². The quantitative estimate of drug-likeness (QED) is 0.0874. The Morgan fingerprint density at radius 3 is 1.27 bits per heavy atom. The molecule has 1 nitrogen and oxygen atoms in total. The van der Waals surface area contributed by atoms with E-state index in [2.05, 4.69) is 0 Å². The molecule has 1 aliphatic heterocycles. The van der Waals surface area contributed by atoms with Crippen LogP contribution in [0.5, 0.6) is 0 Å². The molecule has 13 heteroatoms. The van der Waals surface area contributed by atoms with Crippen molar-refractivity contribution in [3.63, 3.8) is 0 Å². The van der Waals surface area contributed by atoms with Crippen molar-refractivity contribution in [2.45, 2.75) is 83.6 Å². The fourth-order valence-electron chi connectivity index (χ4n) is 8.24. The molecule has 1 heterocycles. The van der Waals surface area contributed by atoms with Gasteiger partial charge in [-0.05, 0) is 60.1 Å². The summed E-state index contributed by atoms with van der Waals surface area (Å²) in [5.41, 5.74) is -3.87. The number of anilines is 1. The van der Waals surface area contributed by atoms with Crippen LogP contribution in [0, 0.1) is 58.2 Å². The van der Waals surface area contributed by atoms with Gasteiger partial charge in [0.05, 0.1) is 23.4 Å². The molecule has 0 N–H and O–H groups in total. The summed E-state index contributed by atoms with van der Waals surface area (Å²) in [5.74, 6) is -24.2. The summed E-state index contributed by atoms with van der Waals surface area (Å²) in [6.07, 6.45) is -4.11. The molecule has 4 rings (SSSR count). The number of hydrogen-bond donors (Lipinski definition) is 0. The number of hydrogen-bond acceptors (Lipinski definition) is 1. The lowest BCUT2D eigenvalue weighted by atomic mass is 9.25. The van der Waals surface area contributed by atoms with Gasteiger partial charge in [-0.25, -0.2) is 43.9 Å². The van der Waals surface area contributed by atoms with Gasteiger partial charge in [0.1, 0.15) is 23.3 Å². The molecule has 0 saturated carbocycles. The minimum Gasteiger partial charge on any atom is -0.405 e. The summed E-state index contributed by atoms with van der Waals surface area (Å²) < 4.78 is 155. The highest BCUT2D eigenvalue weighted by atomic mass is 31.2. The molecule has 1 saturated heterocycles. The van der Waals surface area contributed by atoms with E-state index in [0.717, 1.165) is 0 Å². The molecule has 1 fully saturated rings. The number of nitrogens with zero attached hydrogens (tertiary/aromatic N) is 1. The summed E-state index contributed by atoms with van der Waals surface area (Å²) in [5, 5.41) is -1.78. The summed E-state index contributed by atoms with van der Waals surface area (Å²) in [6, 6.07) is 7.45. The molecule has 0 amide bonds. The van der Waals surface area contributed by atoms with Crippen LogP contribution in [-0.4, -0.2) is 22.3 Å². The highest BCUT2D eigenvalue weighted by Crippen LogP contribution is 2.87. The predicted octanol–water partition coefficient (Wildman–Crippen LogP) is 9.36. The van der Waals surface area contributed by atoms with Gasteiger partial charge in [-0.2, -0.15) is 0 Å². The second kappa shape index (κ2) is 11.3. The monoisotopic (exact) mass is 651 g/mol. The predicted molar refractivity (Wildman–Crippen MR) is 156 cm³/mol. The molecule has 3 aromatic carbocycles. The molecule has 0 spiro atoms. The van der Waals surface area contributed by atoms with Crippen LogP contribution in [0.4, 0.5) is 49.6 Å². The Morgan fingerprint density at radius 2 is 0.955 bits per heavy atom. The summed E-state index contributed by atoms with van der Waals surface area (Å²) in [6.45, 7) is 12.6. The standard InChI is InChI=1S/C31H33BF10NP/c1-8-12-17-15-32(18-20(33)24(37)28(41)25(38)21(18)34,19-22(35)26(39)29(42)27(40)23(19)36)43(16-13-10-9-11-14-16)44(17,30(2,3)4)31(5,6)7/h9-11,13-14,17H,8,12,15H2,1-7H3/t17-/m0/s1. The van der Waals surface area contributed by atoms with Crippen molar-refractivity contribution >= 4 is 30.3 Å². The van der Waals surface area contributed by atoms with Gasteiger partial charge in [0.15, 0.2) is 34.9 Å². The largest absolute Gasteiger partial charge is 0.405 e. The summed E-state index contributed by atoms with van der Waals surface area (Å²) in [7, 11) is -3.27. The maximum atomic E-state index is 16.1. The zero-order chi connectivity index (χ0) is 33.3. The van der Waals surface area contributed by atoms with Crippen LogP contribution >= 0.6 is 7.41 Å². The Hall–Kier alpha value is -2.75. The van der Waals surface area contributed by atoms with Gasteiger partial charge in [-0.3, -0.25) is 0 Å². The first-order chi connectivity index (χ1) is 20.2. The molecule has 3 aromatic rings. The van der Waals surface area contributed by atoms with E-state index >= 15 is 35.1 Å². The summed E-state index contributed by atoms with van der Waals surface area (Å²) >= 11 is 0. The third-order valence-electron chi connectivity index (χ3n) is 9.03. The molecule has 44 heavy (non-hydrogen) atoms. The highest BCUT2D eigenvalue weighted by Gasteiger charge is 2.73. The van der Waals surface area contributed by atoms with Crippen molar-refractivity contribution < 1.29 is 43.9 Å². The van der Waals surface area contributed by atoms with Crippen LogP contribution in [0.1, 0.15) is 61.3 Å². The molecule has 1 atom stereocenters. The van der Waals surface area contributed by atoms with Crippen molar-refractivity contribution in [2.24, 2.45) is 0 Å².